The molecule has 0 atom stereocenters. The number of nitrogens with zero attached hydrogens (tertiary/aromatic N) is 1. The molecular weight excluding hydrogens is 326 g/mol. The molecule has 122 valence electrons. The molecule has 0 bridgehead atoms. The highest BCUT2D eigenvalue weighted by molar-refractivity contribution is 7.88. The standard InChI is InChI=1S/C15H20ClNO4S/c16-14-4-1-3-13(11-14)12-22(18,19)17-7-5-15(6-8-17)20-9-2-10-21-15/h1,3-4,11H,2,5-10,12H2. The van der Waals surface area contributed by atoms with E-state index in [4.69, 9.17) is 21.1 Å². The minimum atomic E-state index is -3.34. The van der Waals surface area contributed by atoms with Crippen LogP contribution in [-0.4, -0.2) is 44.8 Å². The van der Waals surface area contributed by atoms with Crippen molar-refractivity contribution in [2.24, 2.45) is 0 Å². The van der Waals surface area contributed by atoms with Crippen LogP contribution in [-0.2, 0) is 25.2 Å². The molecule has 0 aromatic heterocycles. The van der Waals surface area contributed by atoms with E-state index in [1.165, 1.54) is 4.31 Å². The molecule has 0 saturated carbocycles. The molecule has 1 spiro atoms. The van der Waals surface area contributed by atoms with Crippen molar-refractivity contribution in [3.05, 3.63) is 34.9 Å². The van der Waals surface area contributed by atoms with Gasteiger partial charge in [-0.15, -0.1) is 0 Å². The summed E-state index contributed by atoms with van der Waals surface area (Å²) in [5.74, 6) is -0.595. The average Bonchev–Trinajstić information content (AvgIpc) is 2.48. The Hall–Kier alpha value is -0.660. The third-order valence-corrected chi connectivity index (χ3v) is 6.22. The molecule has 0 radical (unpaired) electrons. The van der Waals surface area contributed by atoms with Crippen molar-refractivity contribution in [1.29, 1.82) is 0 Å². The van der Waals surface area contributed by atoms with Crippen molar-refractivity contribution in [3.63, 3.8) is 0 Å². The van der Waals surface area contributed by atoms with Gasteiger partial charge in [0, 0.05) is 31.0 Å². The van der Waals surface area contributed by atoms with Crippen LogP contribution in [0, 0.1) is 0 Å². The highest BCUT2D eigenvalue weighted by Gasteiger charge is 2.41. The van der Waals surface area contributed by atoms with Crippen LogP contribution in [0.3, 0.4) is 0 Å². The maximum absolute atomic E-state index is 12.5. The molecule has 2 aliphatic rings. The van der Waals surface area contributed by atoms with Crippen LogP contribution in [0.2, 0.25) is 5.02 Å². The molecule has 1 aromatic carbocycles. The highest BCUT2D eigenvalue weighted by atomic mass is 35.5. The molecule has 5 nitrogen and oxygen atoms in total. The van der Waals surface area contributed by atoms with E-state index in [9.17, 15) is 8.42 Å². The van der Waals surface area contributed by atoms with Crippen molar-refractivity contribution < 1.29 is 17.9 Å². The summed E-state index contributed by atoms with van der Waals surface area (Å²) >= 11 is 5.92. The molecule has 0 unspecified atom stereocenters. The molecule has 7 heteroatoms. The average molecular weight is 346 g/mol. The Morgan fingerprint density at radius 1 is 1.18 bits per heavy atom. The molecule has 2 aliphatic heterocycles. The normalized spacial score (nSPS) is 22.8. The van der Waals surface area contributed by atoms with E-state index in [2.05, 4.69) is 0 Å². The quantitative estimate of drug-likeness (QED) is 0.844. The van der Waals surface area contributed by atoms with Crippen LogP contribution in [0.4, 0.5) is 0 Å². The van der Waals surface area contributed by atoms with Gasteiger partial charge in [-0.05, 0) is 24.1 Å². The second-order valence-corrected chi connectivity index (χ2v) is 8.15. The molecule has 0 N–H and O–H groups in total. The fraction of sp³-hybridized carbons (Fsp3) is 0.600. The first-order valence-electron chi connectivity index (χ1n) is 7.49. The maximum Gasteiger partial charge on any atom is 0.218 e. The van der Waals surface area contributed by atoms with Crippen LogP contribution >= 0.6 is 11.6 Å². The van der Waals surface area contributed by atoms with Crippen LogP contribution < -0.4 is 0 Å². The fourth-order valence-corrected chi connectivity index (χ4v) is 4.67. The van der Waals surface area contributed by atoms with Crippen LogP contribution in [0.15, 0.2) is 24.3 Å². The number of halogens is 1. The van der Waals surface area contributed by atoms with Gasteiger partial charge in [0.15, 0.2) is 5.79 Å². The zero-order chi connectivity index (χ0) is 15.6. The topological polar surface area (TPSA) is 55.8 Å². The lowest BCUT2D eigenvalue weighted by Gasteiger charge is -2.42. The van der Waals surface area contributed by atoms with Gasteiger partial charge in [-0.25, -0.2) is 12.7 Å². The number of rotatable bonds is 3. The third kappa shape index (κ3) is 3.63. The SMILES string of the molecule is O=S(=O)(Cc1cccc(Cl)c1)N1CCC2(CC1)OCCCO2. The number of hydrogen-bond donors (Lipinski definition) is 0. The summed E-state index contributed by atoms with van der Waals surface area (Å²) in [5, 5.41) is 0.550. The Morgan fingerprint density at radius 3 is 2.50 bits per heavy atom. The van der Waals surface area contributed by atoms with Crippen molar-refractivity contribution in [2.45, 2.75) is 30.8 Å². The molecule has 2 fully saturated rings. The van der Waals surface area contributed by atoms with Crippen LogP contribution in [0.25, 0.3) is 0 Å². The fourth-order valence-electron chi connectivity index (χ4n) is 2.94. The number of benzene rings is 1. The summed E-state index contributed by atoms with van der Waals surface area (Å²) in [6.45, 7) is 2.25. The molecule has 2 saturated heterocycles. The maximum atomic E-state index is 12.5. The van der Waals surface area contributed by atoms with Gasteiger partial charge in [0.2, 0.25) is 10.0 Å². The number of ether oxygens (including phenoxy) is 2. The van der Waals surface area contributed by atoms with Crippen LogP contribution in [0.1, 0.15) is 24.8 Å². The molecule has 0 aliphatic carbocycles. The molecule has 0 amide bonds. The Balaban J connectivity index is 1.64. The summed E-state index contributed by atoms with van der Waals surface area (Å²) < 4.78 is 38.1. The number of sulfonamides is 1. The summed E-state index contributed by atoms with van der Waals surface area (Å²) in [6.07, 6.45) is 2.07. The molecule has 2 heterocycles. The third-order valence-electron chi connectivity index (χ3n) is 4.13. The summed E-state index contributed by atoms with van der Waals surface area (Å²) in [5.41, 5.74) is 0.706. The van der Waals surface area contributed by atoms with Gasteiger partial charge in [0.25, 0.3) is 0 Å². The summed E-state index contributed by atoms with van der Waals surface area (Å²) in [7, 11) is -3.34. The van der Waals surface area contributed by atoms with Crippen LogP contribution in [0.5, 0.6) is 0 Å². The zero-order valence-corrected chi connectivity index (χ0v) is 13.9. The predicted molar refractivity (Wildman–Crippen MR) is 84.1 cm³/mol. The molecule has 3 rings (SSSR count). The monoisotopic (exact) mass is 345 g/mol. The second-order valence-electron chi connectivity index (χ2n) is 5.75. The van der Waals surface area contributed by atoms with E-state index >= 15 is 0 Å². The number of hydrogen-bond acceptors (Lipinski definition) is 4. The van der Waals surface area contributed by atoms with Gasteiger partial charge >= 0.3 is 0 Å². The predicted octanol–water partition coefficient (Wildman–Crippen LogP) is 2.40. The minimum absolute atomic E-state index is 0.0255. The lowest BCUT2D eigenvalue weighted by molar-refractivity contribution is -0.280. The van der Waals surface area contributed by atoms with Gasteiger partial charge in [0.1, 0.15) is 0 Å². The van der Waals surface area contributed by atoms with E-state index in [0.717, 1.165) is 6.42 Å². The van der Waals surface area contributed by atoms with Gasteiger partial charge in [-0.2, -0.15) is 0 Å². The van der Waals surface area contributed by atoms with Crippen molar-refractivity contribution >= 4 is 21.6 Å². The first-order chi connectivity index (χ1) is 10.5. The van der Waals surface area contributed by atoms with E-state index in [-0.39, 0.29) is 5.75 Å². The molecule has 1 aromatic rings. The van der Waals surface area contributed by atoms with Gasteiger partial charge in [-0.1, -0.05) is 23.7 Å². The van der Waals surface area contributed by atoms with Crippen molar-refractivity contribution in [1.82, 2.24) is 4.31 Å². The van der Waals surface area contributed by atoms with Gasteiger partial charge in [0.05, 0.1) is 19.0 Å². The number of piperidine rings is 1. The Kier molecular flexibility index (Phi) is 4.75. The van der Waals surface area contributed by atoms with E-state index in [1.807, 2.05) is 0 Å². The van der Waals surface area contributed by atoms with Crippen molar-refractivity contribution in [2.75, 3.05) is 26.3 Å². The van der Waals surface area contributed by atoms with E-state index in [0.29, 0.717) is 49.7 Å². The summed E-state index contributed by atoms with van der Waals surface area (Å²) in [6, 6.07) is 6.97. The Morgan fingerprint density at radius 2 is 1.86 bits per heavy atom. The molecule has 22 heavy (non-hydrogen) atoms. The largest absolute Gasteiger partial charge is 0.350 e. The smallest absolute Gasteiger partial charge is 0.218 e. The molecular formula is C15H20ClNO4S. The van der Waals surface area contributed by atoms with Crippen molar-refractivity contribution in [3.8, 4) is 0 Å². The second kappa shape index (κ2) is 6.45. The van der Waals surface area contributed by atoms with Gasteiger partial charge in [-0.3, -0.25) is 0 Å². The van der Waals surface area contributed by atoms with Gasteiger partial charge < -0.3 is 9.47 Å². The lowest BCUT2D eigenvalue weighted by atomic mass is 10.0. The lowest BCUT2D eigenvalue weighted by Crippen LogP contribution is -2.51. The zero-order valence-electron chi connectivity index (χ0n) is 12.3. The first-order valence-corrected chi connectivity index (χ1v) is 9.48. The highest BCUT2D eigenvalue weighted by Crippen LogP contribution is 2.32. The Labute approximate surface area is 136 Å². The summed E-state index contributed by atoms with van der Waals surface area (Å²) in [4.78, 5) is 0. The first kappa shape index (κ1) is 16.2. The van der Waals surface area contributed by atoms with E-state index in [1.54, 1.807) is 24.3 Å². The Bertz CT molecular complexity index is 618. The van der Waals surface area contributed by atoms with E-state index < -0.39 is 15.8 Å². The minimum Gasteiger partial charge on any atom is -0.350 e.